The van der Waals surface area contributed by atoms with Crippen molar-refractivity contribution in [2.24, 2.45) is 7.05 Å². The average Bonchev–Trinajstić information content (AvgIpc) is 2.64. The van der Waals surface area contributed by atoms with E-state index in [4.69, 9.17) is 0 Å². The highest BCUT2D eigenvalue weighted by molar-refractivity contribution is 5.59. The fourth-order valence-corrected chi connectivity index (χ4v) is 1.44. The minimum atomic E-state index is 1.04. The van der Waals surface area contributed by atoms with Crippen LogP contribution in [0.25, 0.3) is 5.57 Å². The third-order valence-electron chi connectivity index (χ3n) is 2.32. The molecule has 0 spiro atoms. The molecule has 0 radical (unpaired) electrons. The summed E-state index contributed by atoms with van der Waals surface area (Å²) in [4.78, 5) is 0. The van der Waals surface area contributed by atoms with Crippen molar-refractivity contribution in [2.45, 2.75) is 26.7 Å². The number of nitrogens with one attached hydrogen (secondary N) is 1. The normalized spacial score (nSPS) is 12.1. The van der Waals surface area contributed by atoms with Gasteiger partial charge in [-0.15, -0.1) is 5.10 Å². The molecule has 0 aliphatic rings. The van der Waals surface area contributed by atoms with Crippen molar-refractivity contribution >= 4 is 5.57 Å². The van der Waals surface area contributed by atoms with Crippen LogP contribution >= 0.6 is 0 Å². The molecule has 0 aromatic carbocycles. The quantitative estimate of drug-likeness (QED) is 0.722. The summed E-state index contributed by atoms with van der Waals surface area (Å²) >= 11 is 0. The number of hydrogen-bond donors (Lipinski definition) is 1. The molecule has 1 aromatic heterocycles. The van der Waals surface area contributed by atoms with Crippen LogP contribution in [0.2, 0.25) is 0 Å². The van der Waals surface area contributed by atoms with Crippen LogP contribution in [0.3, 0.4) is 0 Å². The molecule has 0 aliphatic heterocycles. The van der Waals surface area contributed by atoms with Crippen LogP contribution in [0.4, 0.5) is 0 Å². The first-order valence-corrected chi connectivity index (χ1v) is 5.48. The molecule has 0 amide bonds. The van der Waals surface area contributed by atoms with Crippen molar-refractivity contribution in [1.82, 2.24) is 20.3 Å². The highest BCUT2D eigenvalue weighted by Gasteiger charge is 2.00. The Balaban J connectivity index is 2.37. The maximum Gasteiger partial charge on any atom is 0.0835 e. The second kappa shape index (κ2) is 6.35. The van der Waals surface area contributed by atoms with Gasteiger partial charge in [0.25, 0.3) is 0 Å². The van der Waals surface area contributed by atoms with E-state index in [1.165, 1.54) is 12.0 Å². The summed E-state index contributed by atoms with van der Waals surface area (Å²) in [6.45, 7) is 6.41. The molecular formula is C11H20N4. The van der Waals surface area contributed by atoms with Crippen LogP contribution in [0.1, 0.15) is 32.4 Å². The molecule has 84 valence electrons. The molecule has 0 atom stereocenters. The standard InChI is InChI=1S/C11H20N4/c1-4-7-12-8-5-6-10(2)11-9-13-14-15(11)3/h6,9,12H,4-5,7-8H2,1-3H3/b10-6-. The highest BCUT2D eigenvalue weighted by atomic mass is 15.4. The SMILES string of the molecule is CCCNCC/C=C(/C)c1cnnn1C. The highest BCUT2D eigenvalue weighted by Crippen LogP contribution is 2.10. The maximum atomic E-state index is 3.91. The van der Waals surface area contributed by atoms with Crippen molar-refractivity contribution in [1.29, 1.82) is 0 Å². The minimum Gasteiger partial charge on any atom is -0.316 e. The number of rotatable bonds is 6. The van der Waals surface area contributed by atoms with Gasteiger partial charge >= 0.3 is 0 Å². The van der Waals surface area contributed by atoms with E-state index < -0.39 is 0 Å². The van der Waals surface area contributed by atoms with Gasteiger partial charge in [0, 0.05) is 7.05 Å². The molecular weight excluding hydrogens is 188 g/mol. The smallest absolute Gasteiger partial charge is 0.0835 e. The Morgan fingerprint density at radius 1 is 1.53 bits per heavy atom. The fourth-order valence-electron chi connectivity index (χ4n) is 1.44. The van der Waals surface area contributed by atoms with Gasteiger partial charge in [-0.3, -0.25) is 0 Å². The molecule has 4 nitrogen and oxygen atoms in total. The van der Waals surface area contributed by atoms with E-state index in [2.05, 4.69) is 35.6 Å². The summed E-state index contributed by atoms with van der Waals surface area (Å²) in [5.74, 6) is 0. The Morgan fingerprint density at radius 2 is 2.33 bits per heavy atom. The molecule has 1 N–H and O–H groups in total. The van der Waals surface area contributed by atoms with Crippen LogP contribution in [-0.2, 0) is 7.05 Å². The summed E-state index contributed by atoms with van der Waals surface area (Å²) in [5, 5.41) is 11.1. The van der Waals surface area contributed by atoms with Gasteiger partial charge in [0.2, 0.25) is 0 Å². The van der Waals surface area contributed by atoms with Crippen LogP contribution in [0, 0.1) is 0 Å². The lowest BCUT2D eigenvalue weighted by Crippen LogP contribution is -2.15. The lowest BCUT2D eigenvalue weighted by molar-refractivity contribution is 0.677. The van der Waals surface area contributed by atoms with E-state index in [0.29, 0.717) is 0 Å². The monoisotopic (exact) mass is 208 g/mol. The van der Waals surface area contributed by atoms with Gasteiger partial charge in [0.15, 0.2) is 0 Å². The number of allylic oxidation sites excluding steroid dienone is 1. The Bertz CT molecular complexity index is 314. The van der Waals surface area contributed by atoms with Gasteiger partial charge in [-0.1, -0.05) is 18.2 Å². The molecule has 0 saturated carbocycles. The van der Waals surface area contributed by atoms with E-state index in [-0.39, 0.29) is 0 Å². The molecule has 0 unspecified atom stereocenters. The molecule has 0 saturated heterocycles. The number of aryl methyl sites for hydroxylation is 1. The molecule has 1 heterocycles. The fraction of sp³-hybridized carbons (Fsp3) is 0.636. The van der Waals surface area contributed by atoms with E-state index in [9.17, 15) is 0 Å². The van der Waals surface area contributed by atoms with Crippen molar-refractivity contribution < 1.29 is 0 Å². The summed E-state index contributed by atoms with van der Waals surface area (Å²) in [6, 6.07) is 0. The second-order valence-corrected chi connectivity index (χ2v) is 3.67. The number of hydrogen-bond acceptors (Lipinski definition) is 3. The van der Waals surface area contributed by atoms with E-state index >= 15 is 0 Å². The molecule has 0 bridgehead atoms. The van der Waals surface area contributed by atoms with E-state index in [1.54, 1.807) is 10.9 Å². The van der Waals surface area contributed by atoms with E-state index in [1.807, 2.05) is 7.05 Å². The van der Waals surface area contributed by atoms with Crippen molar-refractivity contribution in [3.63, 3.8) is 0 Å². The van der Waals surface area contributed by atoms with Gasteiger partial charge < -0.3 is 5.32 Å². The Kier molecular flexibility index (Phi) is 5.04. The van der Waals surface area contributed by atoms with Crippen molar-refractivity contribution in [2.75, 3.05) is 13.1 Å². The minimum absolute atomic E-state index is 1.04. The second-order valence-electron chi connectivity index (χ2n) is 3.67. The molecule has 0 fully saturated rings. The third kappa shape index (κ3) is 3.83. The third-order valence-corrected chi connectivity index (χ3v) is 2.32. The summed E-state index contributed by atoms with van der Waals surface area (Å²) in [6.07, 6.45) is 6.26. The van der Waals surface area contributed by atoms with Gasteiger partial charge in [0.05, 0.1) is 11.9 Å². The van der Waals surface area contributed by atoms with Crippen molar-refractivity contribution in [3.05, 3.63) is 18.0 Å². The topological polar surface area (TPSA) is 42.7 Å². The van der Waals surface area contributed by atoms with Gasteiger partial charge in [-0.25, -0.2) is 4.68 Å². The van der Waals surface area contributed by atoms with Crippen LogP contribution in [-0.4, -0.2) is 28.1 Å². The zero-order valence-electron chi connectivity index (χ0n) is 9.82. The zero-order valence-corrected chi connectivity index (χ0v) is 9.82. The summed E-state index contributed by atoms with van der Waals surface area (Å²) in [5.41, 5.74) is 2.33. The number of aromatic nitrogens is 3. The average molecular weight is 208 g/mol. The summed E-state index contributed by atoms with van der Waals surface area (Å²) in [7, 11) is 1.91. The molecule has 1 aromatic rings. The predicted octanol–water partition coefficient (Wildman–Crippen LogP) is 1.61. The zero-order chi connectivity index (χ0) is 11.1. The largest absolute Gasteiger partial charge is 0.316 e. The van der Waals surface area contributed by atoms with Crippen LogP contribution < -0.4 is 5.32 Å². The van der Waals surface area contributed by atoms with Gasteiger partial charge in [-0.2, -0.15) is 0 Å². The van der Waals surface area contributed by atoms with Crippen LogP contribution in [0.15, 0.2) is 12.3 Å². The van der Waals surface area contributed by atoms with Gasteiger partial charge in [0.1, 0.15) is 0 Å². The first kappa shape index (κ1) is 11.9. The Morgan fingerprint density at radius 3 is 2.93 bits per heavy atom. The van der Waals surface area contributed by atoms with Crippen LogP contribution in [0.5, 0.6) is 0 Å². The Hall–Kier alpha value is -1.16. The summed E-state index contributed by atoms with van der Waals surface area (Å²) < 4.78 is 1.80. The van der Waals surface area contributed by atoms with Gasteiger partial charge in [-0.05, 0) is 38.4 Å². The van der Waals surface area contributed by atoms with Crippen molar-refractivity contribution in [3.8, 4) is 0 Å². The molecule has 1 rings (SSSR count). The molecule has 15 heavy (non-hydrogen) atoms. The lowest BCUT2D eigenvalue weighted by atomic mass is 10.2. The molecule has 0 aliphatic carbocycles. The van der Waals surface area contributed by atoms with E-state index in [0.717, 1.165) is 25.2 Å². The maximum absolute atomic E-state index is 3.91. The first-order valence-electron chi connectivity index (χ1n) is 5.48. The first-order chi connectivity index (χ1) is 7.25. The lowest BCUT2D eigenvalue weighted by Gasteiger charge is -2.02. The molecule has 4 heteroatoms. The number of nitrogens with zero attached hydrogens (tertiary/aromatic N) is 3. The Labute approximate surface area is 91.4 Å². The predicted molar refractivity (Wildman–Crippen MR) is 62.4 cm³/mol.